The van der Waals surface area contributed by atoms with Crippen LogP contribution in [0.15, 0.2) is 11.6 Å². The minimum Gasteiger partial charge on any atom is -0.463 e. The molecule has 64 valence electrons. The van der Waals surface area contributed by atoms with Gasteiger partial charge in [0.05, 0.1) is 12.5 Å². The number of hydrogen-bond acceptors (Lipinski definition) is 2. The van der Waals surface area contributed by atoms with Crippen LogP contribution in [-0.2, 0) is 9.53 Å². The summed E-state index contributed by atoms with van der Waals surface area (Å²) in [6.07, 6.45) is 0.763. The standard InChI is InChI=1S/C8H13ClO2/c1-6(2)11-8(10)5-4-7(3)9/h6H,3-5H2,1-2H3. The van der Waals surface area contributed by atoms with Crippen LogP contribution in [0.3, 0.4) is 0 Å². The zero-order valence-corrected chi connectivity index (χ0v) is 7.65. The number of allylic oxidation sites excluding steroid dienone is 1. The van der Waals surface area contributed by atoms with Crippen molar-refractivity contribution >= 4 is 17.6 Å². The van der Waals surface area contributed by atoms with Gasteiger partial charge in [0, 0.05) is 5.03 Å². The summed E-state index contributed by atoms with van der Waals surface area (Å²) < 4.78 is 4.86. The van der Waals surface area contributed by atoms with Crippen molar-refractivity contribution in [1.29, 1.82) is 0 Å². The summed E-state index contributed by atoms with van der Waals surface area (Å²) in [5.41, 5.74) is 0. The fourth-order valence-electron chi connectivity index (χ4n) is 0.560. The first-order valence-corrected chi connectivity index (χ1v) is 3.93. The van der Waals surface area contributed by atoms with Crippen LogP contribution in [-0.4, -0.2) is 12.1 Å². The summed E-state index contributed by atoms with van der Waals surface area (Å²) in [6.45, 7) is 7.09. The highest BCUT2D eigenvalue weighted by Crippen LogP contribution is 2.07. The Morgan fingerprint density at radius 1 is 1.55 bits per heavy atom. The van der Waals surface area contributed by atoms with E-state index in [4.69, 9.17) is 16.3 Å². The van der Waals surface area contributed by atoms with Gasteiger partial charge in [-0.25, -0.2) is 0 Å². The molecule has 0 rings (SSSR count). The molecule has 0 aromatic carbocycles. The van der Waals surface area contributed by atoms with Crippen LogP contribution in [0.5, 0.6) is 0 Å². The Bertz CT molecular complexity index is 152. The lowest BCUT2D eigenvalue weighted by atomic mass is 10.3. The molecule has 0 aromatic heterocycles. The van der Waals surface area contributed by atoms with E-state index in [2.05, 4.69) is 6.58 Å². The van der Waals surface area contributed by atoms with E-state index in [1.54, 1.807) is 0 Å². The van der Waals surface area contributed by atoms with Gasteiger partial charge in [-0.15, -0.1) is 0 Å². The molecular weight excluding hydrogens is 164 g/mol. The maximum atomic E-state index is 10.8. The summed E-state index contributed by atoms with van der Waals surface area (Å²) >= 11 is 5.46. The average Bonchev–Trinajstić information content (AvgIpc) is 1.82. The van der Waals surface area contributed by atoms with Crippen LogP contribution in [0.25, 0.3) is 0 Å². The lowest BCUT2D eigenvalue weighted by molar-refractivity contribution is -0.147. The second kappa shape index (κ2) is 5.19. The van der Waals surface area contributed by atoms with Crippen LogP contribution in [0.4, 0.5) is 0 Å². The SMILES string of the molecule is C=C(Cl)CCC(=O)OC(C)C. The fraction of sp³-hybridized carbons (Fsp3) is 0.625. The van der Waals surface area contributed by atoms with Gasteiger partial charge in [-0.1, -0.05) is 18.2 Å². The van der Waals surface area contributed by atoms with Gasteiger partial charge >= 0.3 is 5.97 Å². The van der Waals surface area contributed by atoms with Crippen LogP contribution in [0.2, 0.25) is 0 Å². The number of halogens is 1. The lowest BCUT2D eigenvalue weighted by Gasteiger charge is -2.06. The molecule has 0 atom stereocenters. The highest BCUT2D eigenvalue weighted by Gasteiger charge is 2.04. The van der Waals surface area contributed by atoms with Crippen molar-refractivity contribution < 1.29 is 9.53 Å². The first-order valence-electron chi connectivity index (χ1n) is 3.55. The second-order valence-corrected chi connectivity index (χ2v) is 3.09. The number of hydrogen-bond donors (Lipinski definition) is 0. The molecule has 0 N–H and O–H groups in total. The summed E-state index contributed by atoms with van der Waals surface area (Å²) in [5.74, 6) is -0.221. The summed E-state index contributed by atoms with van der Waals surface area (Å²) in [7, 11) is 0. The summed E-state index contributed by atoms with van der Waals surface area (Å²) in [5, 5.41) is 0.491. The fourth-order valence-corrected chi connectivity index (χ4v) is 0.654. The first-order chi connectivity index (χ1) is 5.02. The normalized spacial score (nSPS) is 9.82. The molecule has 0 aliphatic rings. The molecule has 3 heteroatoms. The molecule has 0 amide bonds. The second-order valence-electron chi connectivity index (χ2n) is 2.56. The third-order valence-electron chi connectivity index (χ3n) is 0.968. The Morgan fingerprint density at radius 2 is 2.09 bits per heavy atom. The number of rotatable bonds is 4. The minimum atomic E-state index is -0.221. The molecular formula is C8H13ClO2. The van der Waals surface area contributed by atoms with Gasteiger partial charge in [0.25, 0.3) is 0 Å². The predicted molar refractivity (Wildman–Crippen MR) is 45.5 cm³/mol. The highest BCUT2D eigenvalue weighted by atomic mass is 35.5. The van der Waals surface area contributed by atoms with Gasteiger partial charge < -0.3 is 4.74 Å². The monoisotopic (exact) mass is 176 g/mol. The topological polar surface area (TPSA) is 26.3 Å². The van der Waals surface area contributed by atoms with Crippen molar-refractivity contribution in [2.45, 2.75) is 32.8 Å². The Kier molecular flexibility index (Phi) is 4.95. The van der Waals surface area contributed by atoms with Gasteiger partial charge in [0.2, 0.25) is 0 Å². The van der Waals surface area contributed by atoms with E-state index in [-0.39, 0.29) is 12.1 Å². The van der Waals surface area contributed by atoms with Gasteiger partial charge in [0.1, 0.15) is 0 Å². The third-order valence-corrected chi connectivity index (χ3v) is 1.16. The maximum absolute atomic E-state index is 10.8. The third kappa shape index (κ3) is 7.40. The van der Waals surface area contributed by atoms with Gasteiger partial charge in [-0.2, -0.15) is 0 Å². The highest BCUT2D eigenvalue weighted by molar-refractivity contribution is 6.29. The Labute approximate surface area is 72.2 Å². The molecule has 0 aromatic rings. The molecule has 0 aliphatic carbocycles. The molecule has 0 radical (unpaired) electrons. The lowest BCUT2D eigenvalue weighted by Crippen LogP contribution is -2.10. The summed E-state index contributed by atoms with van der Waals surface area (Å²) in [6, 6.07) is 0. The van der Waals surface area contributed by atoms with Crippen molar-refractivity contribution in [3.05, 3.63) is 11.6 Å². The van der Waals surface area contributed by atoms with Crippen molar-refractivity contribution in [2.75, 3.05) is 0 Å². The molecule has 2 nitrogen and oxygen atoms in total. The van der Waals surface area contributed by atoms with Crippen molar-refractivity contribution in [2.24, 2.45) is 0 Å². The molecule has 0 saturated carbocycles. The summed E-state index contributed by atoms with van der Waals surface area (Å²) in [4.78, 5) is 10.8. The molecule has 0 saturated heterocycles. The van der Waals surface area contributed by atoms with Crippen molar-refractivity contribution in [1.82, 2.24) is 0 Å². The van der Waals surface area contributed by atoms with Gasteiger partial charge in [-0.05, 0) is 20.3 Å². The van der Waals surface area contributed by atoms with Gasteiger partial charge in [-0.3, -0.25) is 4.79 Å². The molecule has 0 bridgehead atoms. The van der Waals surface area contributed by atoms with E-state index < -0.39 is 0 Å². The number of ether oxygens (including phenoxy) is 1. The number of esters is 1. The zero-order chi connectivity index (χ0) is 8.85. The molecule has 0 spiro atoms. The minimum absolute atomic E-state index is 0.0499. The first kappa shape index (κ1) is 10.5. The maximum Gasteiger partial charge on any atom is 0.306 e. The molecule has 0 fully saturated rings. The molecule has 0 aliphatic heterocycles. The van der Waals surface area contributed by atoms with E-state index in [9.17, 15) is 4.79 Å². The van der Waals surface area contributed by atoms with Crippen LogP contribution in [0.1, 0.15) is 26.7 Å². The van der Waals surface area contributed by atoms with E-state index in [1.165, 1.54) is 0 Å². The quantitative estimate of drug-likeness (QED) is 0.616. The van der Waals surface area contributed by atoms with E-state index in [0.717, 1.165) is 0 Å². The average molecular weight is 177 g/mol. The zero-order valence-electron chi connectivity index (χ0n) is 6.89. The largest absolute Gasteiger partial charge is 0.463 e. The number of carbonyl (C=O) groups is 1. The molecule has 0 unspecified atom stereocenters. The Morgan fingerprint density at radius 3 is 2.45 bits per heavy atom. The Balaban J connectivity index is 3.45. The molecule has 0 heterocycles. The van der Waals surface area contributed by atoms with E-state index in [0.29, 0.717) is 17.9 Å². The predicted octanol–water partition coefficient (Wildman–Crippen LogP) is 2.47. The van der Waals surface area contributed by atoms with Crippen LogP contribution in [0, 0.1) is 0 Å². The Hall–Kier alpha value is -0.500. The van der Waals surface area contributed by atoms with Gasteiger partial charge in [0.15, 0.2) is 0 Å². The smallest absolute Gasteiger partial charge is 0.306 e. The number of carbonyl (C=O) groups excluding carboxylic acids is 1. The van der Waals surface area contributed by atoms with Crippen molar-refractivity contribution in [3.8, 4) is 0 Å². The molecule has 11 heavy (non-hydrogen) atoms. The van der Waals surface area contributed by atoms with E-state index in [1.807, 2.05) is 13.8 Å². The van der Waals surface area contributed by atoms with Crippen molar-refractivity contribution in [3.63, 3.8) is 0 Å². The van der Waals surface area contributed by atoms with Crippen LogP contribution < -0.4 is 0 Å². The van der Waals surface area contributed by atoms with E-state index >= 15 is 0 Å². The van der Waals surface area contributed by atoms with Crippen LogP contribution >= 0.6 is 11.6 Å².